The van der Waals surface area contributed by atoms with Crippen molar-refractivity contribution in [2.24, 2.45) is 0 Å². The molecule has 0 saturated carbocycles. The molecule has 0 aromatic heterocycles. The summed E-state index contributed by atoms with van der Waals surface area (Å²) < 4.78 is 24.2. The first-order valence-corrected chi connectivity index (χ1v) is 10.5. The Bertz CT molecular complexity index is 938. The maximum Gasteiger partial charge on any atom is 0.344 e. The van der Waals surface area contributed by atoms with Crippen molar-refractivity contribution in [2.45, 2.75) is 20.3 Å². The number of hydrogen-bond donors (Lipinski definition) is 1. The van der Waals surface area contributed by atoms with E-state index in [1.165, 1.54) is 17.0 Å². The van der Waals surface area contributed by atoms with E-state index >= 15 is 0 Å². The van der Waals surface area contributed by atoms with Crippen LogP contribution in [0, 0.1) is 12.7 Å². The third-order valence-electron chi connectivity index (χ3n) is 4.20. The van der Waals surface area contributed by atoms with E-state index < -0.39 is 30.9 Å². The summed E-state index contributed by atoms with van der Waals surface area (Å²) in [6, 6.07) is 11.4. The van der Waals surface area contributed by atoms with Gasteiger partial charge in [0.05, 0.1) is 6.54 Å². The molecule has 0 aliphatic rings. The molecule has 0 saturated heterocycles. The lowest BCUT2D eigenvalue weighted by molar-refractivity contribution is -0.154. The highest BCUT2D eigenvalue weighted by molar-refractivity contribution is 9.10. The fourth-order valence-electron chi connectivity index (χ4n) is 2.64. The zero-order valence-electron chi connectivity index (χ0n) is 17.3. The lowest BCUT2D eigenvalue weighted by Gasteiger charge is -2.21. The minimum atomic E-state index is -0.823. The van der Waals surface area contributed by atoms with E-state index in [2.05, 4.69) is 21.2 Å². The minimum absolute atomic E-state index is 0.105. The fourth-order valence-corrected chi connectivity index (χ4v) is 2.98. The quantitative estimate of drug-likeness (QED) is 0.509. The van der Waals surface area contributed by atoms with Crippen molar-refractivity contribution in [3.63, 3.8) is 0 Å². The largest absolute Gasteiger partial charge is 0.479 e. The van der Waals surface area contributed by atoms with E-state index in [0.29, 0.717) is 23.1 Å². The van der Waals surface area contributed by atoms with Crippen molar-refractivity contribution in [1.29, 1.82) is 0 Å². The van der Waals surface area contributed by atoms with Crippen LogP contribution in [-0.4, -0.2) is 49.0 Å². The van der Waals surface area contributed by atoms with Crippen LogP contribution in [0.4, 0.5) is 10.1 Å². The van der Waals surface area contributed by atoms with Gasteiger partial charge in [-0.1, -0.05) is 41.1 Å². The lowest BCUT2D eigenvalue weighted by Crippen LogP contribution is -2.41. The van der Waals surface area contributed by atoms with Gasteiger partial charge in [-0.15, -0.1) is 0 Å². The number of benzene rings is 2. The van der Waals surface area contributed by atoms with Crippen LogP contribution in [0.15, 0.2) is 46.9 Å². The molecule has 0 bridgehead atoms. The van der Waals surface area contributed by atoms with Crippen molar-refractivity contribution in [2.75, 3.05) is 31.6 Å². The first-order chi connectivity index (χ1) is 14.8. The molecule has 2 rings (SSSR count). The number of rotatable bonds is 10. The third-order valence-corrected chi connectivity index (χ3v) is 4.69. The molecule has 7 nitrogen and oxygen atoms in total. The highest BCUT2D eigenvalue weighted by Gasteiger charge is 2.19. The Morgan fingerprint density at radius 2 is 1.87 bits per heavy atom. The number of ether oxygens (including phenoxy) is 2. The number of nitrogens with one attached hydrogen (secondary N) is 1. The predicted octanol–water partition coefficient (Wildman–Crippen LogP) is 3.70. The van der Waals surface area contributed by atoms with E-state index in [9.17, 15) is 18.8 Å². The van der Waals surface area contributed by atoms with Gasteiger partial charge >= 0.3 is 5.97 Å². The van der Waals surface area contributed by atoms with Crippen LogP contribution in [0.3, 0.4) is 0 Å². The molecule has 0 aliphatic heterocycles. The summed E-state index contributed by atoms with van der Waals surface area (Å²) in [6.45, 7) is 2.81. The van der Waals surface area contributed by atoms with Crippen LogP contribution >= 0.6 is 15.9 Å². The molecule has 2 aromatic carbocycles. The Morgan fingerprint density at radius 3 is 2.55 bits per heavy atom. The second-order valence-corrected chi connectivity index (χ2v) is 7.62. The molecule has 0 unspecified atom stereocenters. The number of hydrogen-bond acceptors (Lipinski definition) is 5. The summed E-state index contributed by atoms with van der Waals surface area (Å²) in [5, 5.41) is 2.77. The number of anilines is 1. The highest BCUT2D eigenvalue weighted by Crippen LogP contribution is 2.21. The molecule has 0 atom stereocenters. The monoisotopic (exact) mass is 494 g/mol. The summed E-state index contributed by atoms with van der Waals surface area (Å²) in [7, 11) is 0. The molecule has 9 heteroatoms. The predicted molar refractivity (Wildman–Crippen MR) is 117 cm³/mol. The first-order valence-electron chi connectivity index (χ1n) is 9.67. The molecule has 0 aliphatic carbocycles. The van der Waals surface area contributed by atoms with E-state index in [-0.39, 0.29) is 18.2 Å². The average Bonchev–Trinajstić information content (AvgIpc) is 2.72. The second kappa shape index (κ2) is 12.0. The maximum absolute atomic E-state index is 13.7. The Hall–Kier alpha value is -2.94. The van der Waals surface area contributed by atoms with Gasteiger partial charge in [-0.3, -0.25) is 9.59 Å². The fraction of sp³-hybridized carbons (Fsp3) is 0.318. The van der Waals surface area contributed by atoms with Gasteiger partial charge in [-0.05, 0) is 43.2 Å². The smallest absolute Gasteiger partial charge is 0.344 e. The third kappa shape index (κ3) is 8.01. The van der Waals surface area contributed by atoms with Crippen molar-refractivity contribution in [3.05, 3.63) is 58.3 Å². The van der Waals surface area contributed by atoms with E-state index in [1.54, 1.807) is 18.2 Å². The Balaban J connectivity index is 1.83. The zero-order chi connectivity index (χ0) is 22.8. The SMILES string of the molecule is CCCN(CC(=O)Nc1ccccc1C)C(=O)COC(=O)COc1ccc(Br)cc1F. The van der Waals surface area contributed by atoms with E-state index in [1.807, 2.05) is 26.0 Å². The van der Waals surface area contributed by atoms with Crippen molar-refractivity contribution in [3.8, 4) is 5.75 Å². The Morgan fingerprint density at radius 1 is 1.13 bits per heavy atom. The molecule has 0 radical (unpaired) electrons. The summed E-state index contributed by atoms with van der Waals surface area (Å²) in [5.41, 5.74) is 1.57. The summed E-state index contributed by atoms with van der Waals surface area (Å²) in [6.07, 6.45) is 0.628. The number of carbonyl (C=O) groups excluding carboxylic acids is 3. The molecule has 0 spiro atoms. The van der Waals surface area contributed by atoms with Crippen LogP contribution < -0.4 is 10.1 Å². The van der Waals surface area contributed by atoms with Gasteiger partial charge in [0.15, 0.2) is 24.8 Å². The van der Waals surface area contributed by atoms with Gasteiger partial charge in [-0.25, -0.2) is 9.18 Å². The van der Waals surface area contributed by atoms with E-state index in [0.717, 1.165) is 5.56 Å². The van der Waals surface area contributed by atoms with Crippen molar-refractivity contribution < 1.29 is 28.2 Å². The lowest BCUT2D eigenvalue weighted by atomic mass is 10.2. The molecule has 2 aromatic rings. The molecular weight excluding hydrogens is 471 g/mol. The average molecular weight is 495 g/mol. The van der Waals surface area contributed by atoms with Crippen LogP contribution in [0.1, 0.15) is 18.9 Å². The van der Waals surface area contributed by atoms with Crippen molar-refractivity contribution in [1.82, 2.24) is 4.90 Å². The minimum Gasteiger partial charge on any atom is -0.479 e. The number of nitrogens with zero attached hydrogens (tertiary/aromatic N) is 1. The highest BCUT2D eigenvalue weighted by atomic mass is 79.9. The Kier molecular flexibility index (Phi) is 9.45. The van der Waals surface area contributed by atoms with Gasteiger partial charge < -0.3 is 19.7 Å². The molecular formula is C22H24BrFN2O5. The number of amides is 2. The van der Waals surface area contributed by atoms with Gasteiger partial charge in [0, 0.05) is 16.7 Å². The number of para-hydroxylation sites is 1. The van der Waals surface area contributed by atoms with Gasteiger partial charge in [0.1, 0.15) is 0 Å². The van der Waals surface area contributed by atoms with Gasteiger partial charge in [0.2, 0.25) is 5.91 Å². The number of carbonyl (C=O) groups is 3. The van der Waals surface area contributed by atoms with E-state index in [4.69, 9.17) is 9.47 Å². The van der Waals surface area contributed by atoms with Crippen LogP contribution in [0.25, 0.3) is 0 Å². The molecule has 166 valence electrons. The number of esters is 1. The zero-order valence-corrected chi connectivity index (χ0v) is 18.9. The summed E-state index contributed by atoms with van der Waals surface area (Å²) >= 11 is 3.12. The normalized spacial score (nSPS) is 10.3. The number of aryl methyl sites for hydroxylation is 1. The maximum atomic E-state index is 13.7. The van der Waals surface area contributed by atoms with Crippen molar-refractivity contribution >= 4 is 39.4 Å². The second-order valence-electron chi connectivity index (χ2n) is 6.70. The van der Waals surface area contributed by atoms with Crippen LogP contribution in [-0.2, 0) is 19.1 Å². The Labute approximate surface area is 188 Å². The van der Waals surface area contributed by atoms with Gasteiger partial charge in [-0.2, -0.15) is 0 Å². The molecule has 31 heavy (non-hydrogen) atoms. The molecule has 1 N–H and O–H groups in total. The number of halogens is 2. The topological polar surface area (TPSA) is 84.9 Å². The van der Waals surface area contributed by atoms with Crippen LogP contribution in [0.2, 0.25) is 0 Å². The first kappa shape index (κ1) is 24.3. The summed E-state index contributed by atoms with van der Waals surface area (Å²) in [4.78, 5) is 37.9. The van der Waals surface area contributed by atoms with Crippen LogP contribution in [0.5, 0.6) is 5.75 Å². The van der Waals surface area contributed by atoms with Gasteiger partial charge in [0.25, 0.3) is 5.91 Å². The standard InChI is InChI=1S/C22H24BrFN2O5/c1-3-10-26(12-20(27)25-18-7-5-4-6-15(18)2)21(28)13-31-22(29)14-30-19-9-8-16(23)11-17(19)24/h4-9,11H,3,10,12-14H2,1-2H3,(H,25,27). The molecule has 2 amide bonds. The molecule has 0 heterocycles. The molecule has 0 fully saturated rings. The summed E-state index contributed by atoms with van der Waals surface area (Å²) in [5.74, 6) is -2.42.